The van der Waals surface area contributed by atoms with Crippen molar-refractivity contribution in [2.75, 3.05) is 18.0 Å². The third-order valence-corrected chi connectivity index (χ3v) is 4.08. The summed E-state index contributed by atoms with van der Waals surface area (Å²) in [6.07, 6.45) is 3.89. The predicted octanol–water partition coefficient (Wildman–Crippen LogP) is 3.53. The minimum Gasteiger partial charge on any atom is -0.478 e. The molecule has 4 nitrogen and oxygen atoms in total. The molecule has 1 saturated carbocycles. The van der Waals surface area contributed by atoms with E-state index in [1.807, 2.05) is 13.8 Å². The lowest BCUT2D eigenvalue weighted by molar-refractivity contribution is 0.0696. The maximum atomic E-state index is 11.3. The van der Waals surface area contributed by atoms with Gasteiger partial charge in [-0.05, 0) is 43.7 Å². The average molecular weight is 276 g/mol. The summed E-state index contributed by atoms with van der Waals surface area (Å²) >= 11 is 0. The highest BCUT2D eigenvalue weighted by Crippen LogP contribution is 2.29. The predicted molar refractivity (Wildman–Crippen MR) is 80.5 cm³/mol. The van der Waals surface area contributed by atoms with E-state index < -0.39 is 5.97 Å². The van der Waals surface area contributed by atoms with Crippen molar-refractivity contribution >= 4 is 11.8 Å². The molecule has 1 aromatic heterocycles. The number of carbonyl (C=O) groups is 1. The Kier molecular flexibility index (Phi) is 4.63. The molecule has 1 fully saturated rings. The monoisotopic (exact) mass is 276 g/mol. The maximum absolute atomic E-state index is 11.3. The van der Waals surface area contributed by atoms with Gasteiger partial charge in [-0.3, -0.25) is 0 Å². The van der Waals surface area contributed by atoms with Crippen LogP contribution in [-0.4, -0.2) is 29.1 Å². The minimum atomic E-state index is -0.879. The largest absolute Gasteiger partial charge is 0.478 e. The number of hydrogen-bond acceptors (Lipinski definition) is 3. The molecular weight excluding hydrogens is 252 g/mol. The number of aromatic carboxylic acids is 1. The van der Waals surface area contributed by atoms with Gasteiger partial charge in [0.2, 0.25) is 0 Å². The van der Waals surface area contributed by atoms with Crippen LogP contribution in [0.15, 0.2) is 12.1 Å². The highest BCUT2D eigenvalue weighted by molar-refractivity contribution is 5.88. The average Bonchev–Trinajstić information content (AvgIpc) is 2.37. The van der Waals surface area contributed by atoms with Crippen LogP contribution in [0.1, 0.15) is 62.0 Å². The quantitative estimate of drug-likeness (QED) is 0.863. The second-order valence-corrected chi connectivity index (χ2v) is 5.93. The van der Waals surface area contributed by atoms with Crippen LogP contribution in [-0.2, 0) is 0 Å². The van der Waals surface area contributed by atoms with Crippen LogP contribution < -0.4 is 4.90 Å². The van der Waals surface area contributed by atoms with Gasteiger partial charge in [-0.15, -0.1) is 0 Å². The van der Waals surface area contributed by atoms with Gasteiger partial charge in [-0.25, -0.2) is 9.78 Å². The number of aromatic nitrogens is 1. The standard InChI is InChI=1S/C16H24N2O2/c1-4-18(10-12-6-5-7-12)15-9-13(16(19)20)8-14(17-15)11(2)3/h8-9,11-12H,4-7,10H2,1-3H3,(H,19,20). The highest BCUT2D eigenvalue weighted by atomic mass is 16.4. The molecule has 0 radical (unpaired) electrons. The summed E-state index contributed by atoms with van der Waals surface area (Å²) in [5.74, 6) is 0.904. The summed E-state index contributed by atoms with van der Waals surface area (Å²) in [6, 6.07) is 3.39. The zero-order chi connectivity index (χ0) is 14.7. The summed E-state index contributed by atoms with van der Waals surface area (Å²) in [4.78, 5) is 18.2. The molecular formula is C16H24N2O2. The molecule has 0 bridgehead atoms. The van der Waals surface area contributed by atoms with Gasteiger partial charge in [0.15, 0.2) is 0 Å². The number of pyridine rings is 1. The van der Waals surface area contributed by atoms with E-state index in [-0.39, 0.29) is 5.92 Å². The lowest BCUT2D eigenvalue weighted by Crippen LogP contribution is -2.33. The fraction of sp³-hybridized carbons (Fsp3) is 0.625. The molecule has 2 rings (SSSR count). The van der Waals surface area contributed by atoms with Gasteiger partial charge in [0.1, 0.15) is 5.82 Å². The fourth-order valence-corrected chi connectivity index (χ4v) is 2.49. The van der Waals surface area contributed by atoms with E-state index >= 15 is 0 Å². The number of carboxylic acids is 1. The zero-order valence-electron chi connectivity index (χ0n) is 12.6. The van der Waals surface area contributed by atoms with Gasteiger partial charge < -0.3 is 10.0 Å². The fourth-order valence-electron chi connectivity index (χ4n) is 2.49. The smallest absolute Gasteiger partial charge is 0.335 e. The van der Waals surface area contributed by atoms with Crippen LogP contribution >= 0.6 is 0 Å². The van der Waals surface area contributed by atoms with E-state index in [1.54, 1.807) is 12.1 Å². The second-order valence-electron chi connectivity index (χ2n) is 5.93. The minimum absolute atomic E-state index is 0.232. The molecule has 0 atom stereocenters. The van der Waals surface area contributed by atoms with Crippen molar-refractivity contribution in [3.63, 3.8) is 0 Å². The first-order chi connectivity index (χ1) is 9.51. The third-order valence-electron chi connectivity index (χ3n) is 4.08. The van der Waals surface area contributed by atoms with Gasteiger partial charge >= 0.3 is 5.97 Å². The molecule has 4 heteroatoms. The Morgan fingerprint density at radius 3 is 2.60 bits per heavy atom. The number of rotatable bonds is 6. The molecule has 1 aromatic rings. The SMILES string of the molecule is CCN(CC1CCC1)c1cc(C(=O)O)cc(C(C)C)n1. The van der Waals surface area contributed by atoms with Crippen molar-refractivity contribution in [1.29, 1.82) is 0 Å². The molecule has 110 valence electrons. The van der Waals surface area contributed by atoms with Crippen molar-refractivity contribution in [2.45, 2.75) is 46.0 Å². The first-order valence-electron chi connectivity index (χ1n) is 7.51. The molecule has 0 unspecified atom stereocenters. The summed E-state index contributed by atoms with van der Waals surface area (Å²) in [5.41, 5.74) is 1.19. The molecule has 1 aliphatic rings. The van der Waals surface area contributed by atoms with Crippen LogP contribution in [0.2, 0.25) is 0 Å². The Balaban J connectivity index is 2.29. The van der Waals surface area contributed by atoms with Crippen LogP contribution in [0.25, 0.3) is 0 Å². The molecule has 0 aromatic carbocycles. The molecule has 0 aliphatic heterocycles. The Morgan fingerprint density at radius 2 is 2.15 bits per heavy atom. The van der Waals surface area contributed by atoms with Crippen molar-refractivity contribution in [3.05, 3.63) is 23.4 Å². The number of anilines is 1. The summed E-state index contributed by atoms with van der Waals surface area (Å²) < 4.78 is 0. The second kappa shape index (κ2) is 6.25. The first-order valence-corrected chi connectivity index (χ1v) is 7.51. The lowest BCUT2D eigenvalue weighted by atomic mass is 9.85. The van der Waals surface area contributed by atoms with Crippen LogP contribution in [0, 0.1) is 5.92 Å². The van der Waals surface area contributed by atoms with Crippen molar-refractivity contribution in [2.24, 2.45) is 5.92 Å². The van der Waals surface area contributed by atoms with Gasteiger partial charge in [0.05, 0.1) is 5.56 Å². The summed E-state index contributed by atoms with van der Waals surface area (Å²) in [5, 5.41) is 9.26. The van der Waals surface area contributed by atoms with Crippen molar-refractivity contribution in [1.82, 2.24) is 4.98 Å². The molecule has 0 spiro atoms. The van der Waals surface area contributed by atoms with Gasteiger partial charge in [0.25, 0.3) is 0 Å². The van der Waals surface area contributed by atoms with E-state index in [0.717, 1.165) is 30.5 Å². The molecule has 20 heavy (non-hydrogen) atoms. The summed E-state index contributed by atoms with van der Waals surface area (Å²) in [6.45, 7) is 8.04. The van der Waals surface area contributed by atoms with Crippen molar-refractivity contribution < 1.29 is 9.90 Å². The Labute approximate surface area is 120 Å². The molecule has 1 heterocycles. The Morgan fingerprint density at radius 1 is 1.45 bits per heavy atom. The third kappa shape index (κ3) is 3.30. The van der Waals surface area contributed by atoms with Gasteiger partial charge in [-0.1, -0.05) is 20.3 Å². The highest BCUT2D eigenvalue weighted by Gasteiger charge is 2.22. The lowest BCUT2D eigenvalue weighted by Gasteiger charge is -2.32. The summed E-state index contributed by atoms with van der Waals surface area (Å²) in [7, 11) is 0. The van der Waals surface area contributed by atoms with E-state index in [2.05, 4.69) is 16.8 Å². The van der Waals surface area contributed by atoms with Gasteiger partial charge in [0, 0.05) is 18.8 Å². The Bertz CT molecular complexity index is 481. The van der Waals surface area contributed by atoms with E-state index in [0.29, 0.717) is 5.56 Å². The number of hydrogen-bond donors (Lipinski definition) is 1. The normalized spacial score (nSPS) is 15.2. The number of nitrogens with zero attached hydrogens (tertiary/aromatic N) is 2. The van der Waals surface area contributed by atoms with E-state index in [4.69, 9.17) is 0 Å². The topological polar surface area (TPSA) is 53.4 Å². The molecule has 1 aliphatic carbocycles. The molecule has 0 saturated heterocycles. The zero-order valence-corrected chi connectivity index (χ0v) is 12.6. The van der Waals surface area contributed by atoms with Crippen LogP contribution in [0.5, 0.6) is 0 Å². The van der Waals surface area contributed by atoms with Crippen LogP contribution in [0.3, 0.4) is 0 Å². The molecule has 0 amide bonds. The molecule has 1 N–H and O–H groups in total. The van der Waals surface area contributed by atoms with Crippen molar-refractivity contribution in [3.8, 4) is 0 Å². The van der Waals surface area contributed by atoms with E-state index in [1.165, 1.54) is 19.3 Å². The van der Waals surface area contributed by atoms with Gasteiger partial charge in [-0.2, -0.15) is 0 Å². The first kappa shape index (κ1) is 14.8. The maximum Gasteiger partial charge on any atom is 0.335 e. The van der Waals surface area contributed by atoms with E-state index in [9.17, 15) is 9.90 Å². The Hall–Kier alpha value is -1.58. The number of carboxylic acid groups (broad SMARTS) is 1. The van der Waals surface area contributed by atoms with Crippen LogP contribution in [0.4, 0.5) is 5.82 Å².